The van der Waals surface area contributed by atoms with Crippen LogP contribution < -0.4 is 10.6 Å². The standard InChI is InChI=1S/C21H25N7O/c1-14-5-6-16-15(13-25-17(16)12-14)7-9-23-21(22-2)24-10-8-19-26-20(28-27-19)18-4-3-11-29-18/h3-6,11-13,25H,7-10H2,1-2H3,(H2,22,23,24)(H,26,27,28). The fourth-order valence-corrected chi connectivity index (χ4v) is 3.27. The Morgan fingerprint density at radius 1 is 1.17 bits per heavy atom. The Bertz CT molecular complexity index is 1090. The van der Waals surface area contributed by atoms with Gasteiger partial charge in [-0.1, -0.05) is 12.1 Å². The maximum absolute atomic E-state index is 5.31. The summed E-state index contributed by atoms with van der Waals surface area (Å²) in [5.41, 5.74) is 3.75. The lowest BCUT2D eigenvalue weighted by molar-refractivity contribution is 0.577. The number of fused-ring (bicyclic) bond motifs is 1. The van der Waals surface area contributed by atoms with Gasteiger partial charge in [-0.25, -0.2) is 4.98 Å². The zero-order valence-electron chi connectivity index (χ0n) is 16.6. The molecule has 3 aromatic heterocycles. The number of hydrogen-bond donors (Lipinski definition) is 4. The monoisotopic (exact) mass is 391 g/mol. The van der Waals surface area contributed by atoms with E-state index in [1.165, 1.54) is 22.0 Å². The van der Waals surface area contributed by atoms with Crippen molar-refractivity contribution in [1.82, 2.24) is 30.8 Å². The zero-order chi connectivity index (χ0) is 20.1. The first kappa shape index (κ1) is 18.8. The number of furan rings is 1. The van der Waals surface area contributed by atoms with Gasteiger partial charge in [0.2, 0.25) is 5.82 Å². The Hall–Kier alpha value is -3.55. The van der Waals surface area contributed by atoms with Gasteiger partial charge in [-0.2, -0.15) is 5.10 Å². The fourth-order valence-electron chi connectivity index (χ4n) is 3.27. The number of guanidine groups is 1. The van der Waals surface area contributed by atoms with Crippen molar-refractivity contribution < 1.29 is 4.42 Å². The summed E-state index contributed by atoms with van der Waals surface area (Å²) >= 11 is 0. The minimum atomic E-state index is 0.571. The molecular weight excluding hydrogens is 366 g/mol. The van der Waals surface area contributed by atoms with Gasteiger partial charge in [0.05, 0.1) is 6.26 Å². The van der Waals surface area contributed by atoms with Crippen molar-refractivity contribution in [1.29, 1.82) is 0 Å². The Morgan fingerprint density at radius 2 is 2.03 bits per heavy atom. The lowest BCUT2D eigenvalue weighted by Crippen LogP contribution is -2.39. The summed E-state index contributed by atoms with van der Waals surface area (Å²) in [4.78, 5) is 12.1. The molecule has 0 saturated carbocycles. The molecule has 0 amide bonds. The molecule has 150 valence electrons. The Morgan fingerprint density at radius 3 is 2.83 bits per heavy atom. The third-order valence-electron chi connectivity index (χ3n) is 4.76. The molecule has 0 aliphatic rings. The van der Waals surface area contributed by atoms with E-state index in [4.69, 9.17) is 4.42 Å². The maximum Gasteiger partial charge on any atom is 0.216 e. The third kappa shape index (κ3) is 4.48. The van der Waals surface area contributed by atoms with E-state index < -0.39 is 0 Å². The van der Waals surface area contributed by atoms with Crippen LogP contribution in [0.3, 0.4) is 0 Å². The number of aryl methyl sites for hydroxylation is 1. The third-order valence-corrected chi connectivity index (χ3v) is 4.76. The van der Waals surface area contributed by atoms with Crippen LogP contribution in [0.15, 0.2) is 52.2 Å². The van der Waals surface area contributed by atoms with E-state index in [-0.39, 0.29) is 0 Å². The van der Waals surface area contributed by atoms with Crippen molar-refractivity contribution >= 4 is 16.9 Å². The van der Waals surface area contributed by atoms with Gasteiger partial charge in [-0.15, -0.1) is 0 Å². The van der Waals surface area contributed by atoms with Gasteiger partial charge >= 0.3 is 0 Å². The molecule has 0 unspecified atom stereocenters. The molecule has 3 heterocycles. The predicted molar refractivity (Wildman–Crippen MR) is 114 cm³/mol. The van der Waals surface area contributed by atoms with Crippen molar-refractivity contribution in [2.24, 2.45) is 4.99 Å². The molecule has 0 fully saturated rings. The molecule has 0 aliphatic heterocycles. The van der Waals surface area contributed by atoms with Gasteiger partial charge < -0.3 is 20.0 Å². The highest BCUT2D eigenvalue weighted by Crippen LogP contribution is 2.19. The van der Waals surface area contributed by atoms with Gasteiger partial charge in [-0.3, -0.25) is 10.1 Å². The van der Waals surface area contributed by atoms with Crippen LogP contribution in [0.2, 0.25) is 0 Å². The second-order valence-electron chi connectivity index (χ2n) is 6.87. The van der Waals surface area contributed by atoms with Crippen LogP contribution in [0.4, 0.5) is 0 Å². The van der Waals surface area contributed by atoms with E-state index in [1.807, 2.05) is 12.1 Å². The first-order chi connectivity index (χ1) is 14.2. The molecule has 4 aromatic rings. The maximum atomic E-state index is 5.31. The molecule has 4 N–H and O–H groups in total. The van der Waals surface area contributed by atoms with E-state index >= 15 is 0 Å². The fraction of sp³-hybridized carbons (Fsp3) is 0.286. The van der Waals surface area contributed by atoms with Gasteiger partial charge in [0, 0.05) is 43.7 Å². The van der Waals surface area contributed by atoms with Crippen molar-refractivity contribution in [2.75, 3.05) is 20.1 Å². The highest BCUT2D eigenvalue weighted by atomic mass is 16.3. The lowest BCUT2D eigenvalue weighted by atomic mass is 10.1. The number of aromatic nitrogens is 4. The number of benzene rings is 1. The molecule has 0 atom stereocenters. The van der Waals surface area contributed by atoms with Crippen molar-refractivity contribution in [2.45, 2.75) is 19.8 Å². The molecule has 8 nitrogen and oxygen atoms in total. The van der Waals surface area contributed by atoms with Crippen LogP contribution >= 0.6 is 0 Å². The molecule has 29 heavy (non-hydrogen) atoms. The molecule has 0 radical (unpaired) electrons. The summed E-state index contributed by atoms with van der Waals surface area (Å²) < 4.78 is 5.31. The van der Waals surface area contributed by atoms with Crippen LogP contribution in [0.1, 0.15) is 17.0 Å². The normalized spacial score (nSPS) is 11.9. The first-order valence-corrected chi connectivity index (χ1v) is 9.69. The van der Waals surface area contributed by atoms with Crippen molar-refractivity contribution in [3.63, 3.8) is 0 Å². The summed E-state index contributed by atoms with van der Waals surface area (Å²) in [6, 6.07) is 10.2. The summed E-state index contributed by atoms with van der Waals surface area (Å²) in [7, 11) is 1.77. The second kappa shape index (κ2) is 8.64. The topological polar surface area (TPSA) is 107 Å². The molecule has 0 saturated heterocycles. The minimum absolute atomic E-state index is 0.571. The van der Waals surface area contributed by atoms with Gasteiger partial charge in [0.25, 0.3) is 0 Å². The number of H-pyrrole nitrogens is 2. The summed E-state index contributed by atoms with van der Waals surface area (Å²) in [6.45, 7) is 3.60. The molecule has 8 heteroatoms. The van der Waals surface area contributed by atoms with E-state index in [0.717, 1.165) is 24.7 Å². The predicted octanol–water partition coefficient (Wildman–Crippen LogP) is 2.80. The van der Waals surface area contributed by atoms with Crippen molar-refractivity contribution in [3.8, 4) is 11.6 Å². The SMILES string of the molecule is CN=C(NCCc1nc(-c2ccco2)n[nH]1)NCCc1c[nH]c2cc(C)ccc12. The number of rotatable bonds is 7. The molecule has 4 rings (SSSR count). The van der Waals surface area contributed by atoms with E-state index in [9.17, 15) is 0 Å². The smallest absolute Gasteiger partial charge is 0.216 e. The molecule has 1 aromatic carbocycles. The average molecular weight is 391 g/mol. The molecule has 0 aliphatic carbocycles. The Balaban J connectivity index is 1.23. The van der Waals surface area contributed by atoms with Gasteiger partial charge in [0.1, 0.15) is 5.82 Å². The number of aromatic amines is 2. The number of hydrogen-bond acceptors (Lipinski definition) is 4. The first-order valence-electron chi connectivity index (χ1n) is 9.69. The largest absolute Gasteiger partial charge is 0.461 e. The van der Waals surface area contributed by atoms with Crippen LogP contribution in [0.25, 0.3) is 22.5 Å². The van der Waals surface area contributed by atoms with Gasteiger partial charge in [0.15, 0.2) is 11.7 Å². The number of nitrogens with one attached hydrogen (secondary N) is 4. The molecule has 0 spiro atoms. The Kier molecular flexibility index (Phi) is 5.60. The van der Waals surface area contributed by atoms with Crippen LogP contribution in [-0.2, 0) is 12.8 Å². The highest BCUT2D eigenvalue weighted by molar-refractivity contribution is 5.84. The second-order valence-corrected chi connectivity index (χ2v) is 6.87. The van der Waals surface area contributed by atoms with Crippen molar-refractivity contribution in [3.05, 3.63) is 59.7 Å². The van der Waals surface area contributed by atoms with E-state index in [0.29, 0.717) is 24.6 Å². The van der Waals surface area contributed by atoms with Gasteiger partial charge in [-0.05, 0) is 42.7 Å². The van der Waals surface area contributed by atoms with Crippen LogP contribution in [0.5, 0.6) is 0 Å². The number of aliphatic imine (C=N–C) groups is 1. The lowest BCUT2D eigenvalue weighted by Gasteiger charge is -2.11. The van der Waals surface area contributed by atoms with E-state index in [1.54, 1.807) is 13.3 Å². The van der Waals surface area contributed by atoms with Crippen LogP contribution in [0, 0.1) is 6.92 Å². The summed E-state index contributed by atoms with van der Waals surface area (Å²) in [5, 5.41) is 15.1. The Labute approximate surface area is 168 Å². The molecule has 0 bridgehead atoms. The minimum Gasteiger partial charge on any atom is -0.461 e. The quantitative estimate of drug-likeness (QED) is 0.286. The summed E-state index contributed by atoms with van der Waals surface area (Å²) in [5.74, 6) is 2.80. The zero-order valence-corrected chi connectivity index (χ0v) is 16.6. The molecular formula is C21H25N7O. The van der Waals surface area contributed by atoms with E-state index in [2.05, 4.69) is 67.1 Å². The number of nitrogens with zero attached hydrogens (tertiary/aromatic N) is 3. The highest BCUT2D eigenvalue weighted by Gasteiger charge is 2.08. The average Bonchev–Trinajstić information content (AvgIpc) is 3.47. The van der Waals surface area contributed by atoms with Crippen LogP contribution in [-0.4, -0.2) is 46.3 Å². The summed E-state index contributed by atoms with van der Waals surface area (Å²) in [6.07, 6.45) is 5.32.